The highest BCUT2D eigenvalue weighted by Gasteiger charge is 2.23. The van der Waals surface area contributed by atoms with Crippen LogP contribution in [0.3, 0.4) is 0 Å². The molecule has 51 heavy (non-hydrogen) atoms. The third kappa shape index (κ3) is 5.15. The molecule has 0 aliphatic carbocycles. The number of hydrogen-bond donors (Lipinski definition) is 0. The van der Waals surface area contributed by atoms with Crippen LogP contribution in [0.25, 0.3) is 95.9 Å². The molecule has 3 aromatic heterocycles. The molecule has 3 heterocycles. The zero-order valence-corrected chi connectivity index (χ0v) is 28.0. The Morgan fingerprint density at radius 3 is 1.82 bits per heavy atom. The molecule has 0 amide bonds. The van der Waals surface area contributed by atoms with Crippen LogP contribution in [0, 0.1) is 0 Å². The van der Waals surface area contributed by atoms with Crippen molar-refractivity contribution >= 4 is 44.9 Å². The molecule has 0 radical (unpaired) electrons. The van der Waals surface area contributed by atoms with Crippen LogP contribution < -0.4 is 0 Å². The van der Waals surface area contributed by atoms with E-state index in [2.05, 4.69) is 96.1 Å². The Kier molecular flexibility index (Phi) is 7.44. The molecule has 0 saturated carbocycles. The molecule has 0 spiro atoms. The second-order valence-corrected chi connectivity index (χ2v) is 12.4. The van der Waals surface area contributed by atoms with Gasteiger partial charge in [-0.25, -0.2) is 15.0 Å². The summed E-state index contributed by atoms with van der Waals surface area (Å²) in [6.45, 7) is 6.07. The summed E-state index contributed by atoms with van der Waals surface area (Å²) in [5.41, 5.74) is 9.86. The Labute approximate surface area is 295 Å². The summed E-state index contributed by atoms with van der Waals surface area (Å²) in [6, 6.07) is 50.0. The fraction of sp³-hybridized carbons (Fsp3) is 0.0217. The predicted octanol–water partition coefficient (Wildman–Crippen LogP) is 12.1. The maximum Gasteiger partial charge on any atom is 0.166 e. The number of allylic oxidation sites excluding steroid dienone is 1. The van der Waals surface area contributed by atoms with Crippen LogP contribution in [0.1, 0.15) is 18.2 Å². The van der Waals surface area contributed by atoms with Gasteiger partial charge in [-0.1, -0.05) is 134 Å². The first kappa shape index (κ1) is 30.2. The van der Waals surface area contributed by atoms with Gasteiger partial charge in [-0.05, 0) is 54.5 Å². The highest BCUT2D eigenvalue weighted by molar-refractivity contribution is 6.23. The van der Waals surface area contributed by atoms with Crippen LogP contribution in [0.5, 0.6) is 0 Å². The number of benzene rings is 6. The van der Waals surface area contributed by atoms with Crippen molar-refractivity contribution in [1.29, 1.82) is 0 Å². The van der Waals surface area contributed by atoms with E-state index in [-0.39, 0.29) is 0 Å². The van der Waals surface area contributed by atoms with Gasteiger partial charge in [-0.15, -0.1) is 0 Å². The molecule has 0 unspecified atom stereocenters. The summed E-state index contributed by atoms with van der Waals surface area (Å²) in [4.78, 5) is 15.4. The summed E-state index contributed by atoms with van der Waals surface area (Å²) in [7, 11) is 0. The van der Waals surface area contributed by atoms with E-state index in [1.807, 2.05) is 79.7 Å². The van der Waals surface area contributed by atoms with Crippen LogP contribution in [0.4, 0.5) is 0 Å². The number of rotatable bonds is 7. The maximum absolute atomic E-state index is 6.34. The van der Waals surface area contributed by atoms with Gasteiger partial charge in [0.15, 0.2) is 17.5 Å². The number of fused-ring (bicyclic) bond motifs is 5. The van der Waals surface area contributed by atoms with Crippen LogP contribution in [-0.2, 0) is 0 Å². The lowest BCUT2D eigenvalue weighted by Crippen LogP contribution is -2.04. The number of hydrogen-bond acceptors (Lipinski definition) is 4. The Bertz CT molecular complexity index is 2700. The van der Waals surface area contributed by atoms with E-state index < -0.39 is 0 Å². The van der Waals surface area contributed by atoms with Crippen LogP contribution >= 0.6 is 0 Å². The molecule has 0 N–H and O–H groups in total. The SMILES string of the molecule is C=Cc1oc2ccc3c(c4ccccc4n3-c3ccc(-c4ccccc4)cc3-c3nc(-c4ccccc4)nc(-c4ccccc4)n3)c2c1/C=C\C. The van der Waals surface area contributed by atoms with Crippen LogP contribution in [-0.4, -0.2) is 19.5 Å². The molecule has 0 saturated heterocycles. The standard InChI is InChI=1S/C46H32N4O/c1-3-16-35-40(4-2)51-41-28-27-39-42(43(35)41)34-23-14-15-24-37(34)50(39)38-26-25-33(30-17-8-5-9-18-30)29-36(38)46-48-44(31-19-10-6-11-20-31)47-45(49-46)32-21-12-7-13-22-32/h3-29H,2H2,1H3/b16-3-. The van der Waals surface area contributed by atoms with E-state index >= 15 is 0 Å². The van der Waals surface area contributed by atoms with Gasteiger partial charge in [0.25, 0.3) is 0 Å². The first-order valence-electron chi connectivity index (χ1n) is 17.0. The molecule has 5 nitrogen and oxygen atoms in total. The van der Waals surface area contributed by atoms with E-state index in [1.165, 1.54) is 0 Å². The van der Waals surface area contributed by atoms with Gasteiger partial charge in [0.1, 0.15) is 11.3 Å². The molecule has 242 valence electrons. The maximum atomic E-state index is 6.34. The van der Waals surface area contributed by atoms with Gasteiger partial charge in [-0.3, -0.25) is 0 Å². The molecule has 0 atom stereocenters. The number of para-hydroxylation sites is 1. The molecule has 6 aromatic carbocycles. The minimum Gasteiger partial charge on any atom is -0.456 e. The lowest BCUT2D eigenvalue weighted by atomic mass is 10.0. The average molecular weight is 657 g/mol. The van der Waals surface area contributed by atoms with Crippen molar-refractivity contribution in [1.82, 2.24) is 19.5 Å². The Morgan fingerprint density at radius 1 is 0.569 bits per heavy atom. The van der Waals surface area contributed by atoms with Crippen LogP contribution in [0.15, 0.2) is 163 Å². The highest BCUT2D eigenvalue weighted by Crippen LogP contribution is 2.43. The molecule has 9 aromatic rings. The fourth-order valence-corrected chi connectivity index (χ4v) is 7.08. The summed E-state index contributed by atoms with van der Waals surface area (Å²) in [5, 5.41) is 3.32. The zero-order chi connectivity index (χ0) is 34.3. The zero-order valence-electron chi connectivity index (χ0n) is 28.0. The number of aromatic nitrogens is 4. The molecule has 0 aliphatic heterocycles. The predicted molar refractivity (Wildman–Crippen MR) is 210 cm³/mol. The van der Waals surface area contributed by atoms with E-state index in [9.17, 15) is 0 Å². The second-order valence-electron chi connectivity index (χ2n) is 12.4. The normalized spacial score (nSPS) is 11.6. The lowest BCUT2D eigenvalue weighted by Gasteiger charge is -2.16. The minimum atomic E-state index is 0.592. The Hall–Kier alpha value is -6.85. The summed E-state index contributed by atoms with van der Waals surface area (Å²) in [6.07, 6.45) is 5.94. The molecule has 0 fully saturated rings. The van der Waals surface area contributed by atoms with Crippen molar-refractivity contribution < 1.29 is 4.42 Å². The largest absolute Gasteiger partial charge is 0.456 e. The second kappa shape index (κ2) is 12.6. The molecule has 0 aliphatic rings. The van der Waals surface area contributed by atoms with Gasteiger partial charge >= 0.3 is 0 Å². The van der Waals surface area contributed by atoms with E-state index in [1.54, 1.807) is 6.08 Å². The van der Waals surface area contributed by atoms with E-state index in [0.29, 0.717) is 17.5 Å². The minimum absolute atomic E-state index is 0.592. The van der Waals surface area contributed by atoms with Crippen molar-refractivity contribution in [3.8, 4) is 51.0 Å². The van der Waals surface area contributed by atoms with Crippen LogP contribution in [0.2, 0.25) is 0 Å². The van der Waals surface area contributed by atoms with Crippen molar-refractivity contribution in [2.24, 2.45) is 0 Å². The highest BCUT2D eigenvalue weighted by atomic mass is 16.3. The third-order valence-corrected chi connectivity index (χ3v) is 9.36. The Balaban J connectivity index is 1.39. The number of furan rings is 1. The van der Waals surface area contributed by atoms with Crippen molar-refractivity contribution in [2.45, 2.75) is 6.92 Å². The van der Waals surface area contributed by atoms with Gasteiger partial charge in [0, 0.05) is 38.4 Å². The van der Waals surface area contributed by atoms with Gasteiger partial charge in [0.2, 0.25) is 0 Å². The summed E-state index contributed by atoms with van der Waals surface area (Å²) in [5.74, 6) is 2.58. The third-order valence-electron chi connectivity index (χ3n) is 9.36. The first-order valence-corrected chi connectivity index (χ1v) is 17.0. The summed E-state index contributed by atoms with van der Waals surface area (Å²) >= 11 is 0. The summed E-state index contributed by atoms with van der Waals surface area (Å²) < 4.78 is 8.67. The van der Waals surface area contributed by atoms with Gasteiger partial charge < -0.3 is 8.98 Å². The fourth-order valence-electron chi connectivity index (χ4n) is 7.08. The quantitative estimate of drug-likeness (QED) is 0.171. The molecule has 0 bridgehead atoms. The molecule has 9 rings (SSSR count). The molecule has 5 heteroatoms. The monoisotopic (exact) mass is 656 g/mol. The van der Waals surface area contributed by atoms with Gasteiger partial charge in [-0.2, -0.15) is 0 Å². The number of nitrogens with zero attached hydrogens (tertiary/aromatic N) is 4. The van der Waals surface area contributed by atoms with E-state index in [0.717, 1.165) is 77.6 Å². The van der Waals surface area contributed by atoms with Crippen molar-refractivity contribution in [3.63, 3.8) is 0 Å². The first-order chi connectivity index (χ1) is 25.2. The van der Waals surface area contributed by atoms with Gasteiger partial charge in [0.05, 0.1) is 16.7 Å². The lowest BCUT2D eigenvalue weighted by molar-refractivity contribution is 0.603. The van der Waals surface area contributed by atoms with Crippen molar-refractivity contribution in [3.05, 3.63) is 170 Å². The van der Waals surface area contributed by atoms with E-state index in [4.69, 9.17) is 19.4 Å². The topological polar surface area (TPSA) is 56.7 Å². The molecular formula is C46H32N4O. The smallest absolute Gasteiger partial charge is 0.166 e. The average Bonchev–Trinajstić information content (AvgIpc) is 3.73. The Morgan fingerprint density at radius 2 is 1.18 bits per heavy atom. The molecular weight excluding hydrogens is 625 g/mol. The van der Waals surface area contributed by atoms with Crippen molar-refractivity contribution in [2.75, 3.05) is 0 Å².